The Balaban J connectivity index is 2.10. The van der Waals surface area contributed by atoms with Crippen LogP contribution >= 0.6 is 27.7 Å². The van der Waals surface area contributed by atoms with Crippen LogP contribution in [0.4, 0.5) is 0 Å². The van der Waals surface area contributed by atoms with E-state index < -0.39 is 0 Å². The number of hydrazine groups is 1. The van der Waals surface area contributed by atoms with Gasteiger partial charge < -0.3 is 4.74 Å². The van der Waals surface area contributed by atoms with E-state index in [4.69, 9.17) is 10.6 Å². The number of hydrogen-bond acceptors (Lipinski definition) is 4. The monoisotopic (exact) mass is 330 g/mol. The first kappa shape index (κ1) is 14.2. The van der Waals surface area contributed by atoms with Gasteiger partial charge in [0.25, 0.3) is 0 Å². The van der Waals surface area contributed by atoms with Crippen LogP contribution in [0.15, 0.2) is 22.7 Å². The van der Waals surface area contributed by atoms with E-state index in [-0.39, 0.29) is 0 Å². The summed E-state index contributed by atoms with van der Waals surface area (Å²) in [5.41, 5.74) is 4.23. The fourth-order valence-corrected chi connectivity index (χ4v) is 4.05. The third-order valence-electron chi connectivity index (χ3n) is 3.44. The first-order valence-corrected chi connectivity index (χ1v) is 8.05. The standard InChI is InChI=1S/C13H19BrN2OS/c1-17-11-2-3-12(14)10(6-11)7-13(16-15)9-4-5-18-8-9/h2-3,6,9,13,16H,4-5,7-8,15H2,1H3. The summed E-state index contributed by atoms with van der Waals surface area (Å²) in [6.45, 7) is 0. The van der Waals surface area contributed by atoms with Crippen LogP contribution in [0.25, 0.3) is 0 Å². The Bertz CT molecular complexity index is 397. The molecule has 0 aliphatic carbocycles. The summed E-state index contributed by atoms with van der Waals surface area (Å²) in [6.07, 6.45) is 2.18. The highest BCUT2D eigenvalue weighted by atomic mass is 79.9. The molecule has 2 rings (SSSR count). The van der Waals surface area contributed by atoms with Crippen LogP contribution < -0.4 is 16.0 Å². The number of hydrogen-bond donors (Lipinski definition) is 2. The molecule has 1 aliphatic rings. The lowest BCUT2D eigenvalue weighted by molar-refractivity contribution is 0.383. The number of halogens is 1. The lowest BCUT2D eigenvalue weighted by Crippen LogP contribution is -2.42. The molecule has 1 aromatic carbocycles. The third kappa shape index (κ3) is 3.41. The number of benzene rings is 1. The van der Waals surface area contributed by atoms with Crippen molar-refractivity contribution in [2.75, 3.05) is 18.6 Å². The van der Waals surface area contributed by atoms with Gasteiger partial charge in [0.05, 0.1) is 7.11 Å². The molecule has 100 valence electrons. The minimum Gasteiger partial charge on any atom is -0.497 e. The molecule has 1 saturated heterocycles. The molecule has 3 nitrogen and oxygen atoms in total. The van der Waals surface area contributed by atoms with Gasteiger partial charge in [-0.05, 0) is 54.0 Å². The van der Waals surface area contributed by atoms with Gasteiger partial charge in [0.1, 0.15) is 5.75 Å². The topological polar surface area (TPSA) is 47.3 Å². The summed E-state index contributed by atoms with van der Waals surface area (Å²) in [5.74, 6) is 9.73. The molecule has 2 atom stereocenters. The molecule has 1 fully saturated rings. The van der Waals surface area contributed by atoms with Gasteiger partial charge in [-0.15, -0.1) is 0 Å². The highest BCUT2D eigenvalue weighted by molar-refractivity contribution is 9.10. The van der Waals surface area contributed by atoms with Gasteiger partial charge >= 0.3 is 0 Å². The molecule has 1 aliphatic heterocycles. The van der Waals surface area contributed by atoms with Crippen molar-refractivity contribution < 1.29 is 4.74 Å². The summed E-state index contributed by atoms with van der Waals surface area (Å²) < 4.78 is 6.39. The molecule has 0 spiro atoms. The van der Waals surface area contributed by atoms with E-state index in [1.165, 1.54) is 23.5 Å². The van der Waals surface area contributed by atoms with Crippen LogP contribution in [0.2, 0.25) is 0 Å². The van der Waals surface area contributed by atoms with E-state index in [1.54, 1.807) is 7.11 Å². The van der Waals surface area contributed by atoms with Crippen molar-refractivity contribution in [2.45, 2.75) is 18.9 Å². The smallest absolute Gasteiger partial charge is 0.119 e. The molecular formula is C13H19BrN2OS. The Morgan fingerprint density at radius 3 is 3.06 bits per heavy atom. The maximum Gasteiger partial charge on any atom is 0.119 e. The summed E-state index contributed by atoms with van der Waals surface area (Å²) in [7, 11) is 1.69. The van der Waals surface area contributed by atoms with E-state index in [0.29, 0.717) is 12.0 Å². The summed E-state index contributed by atoms with van der Waals surface area (Å²) >= 11 is 5.61. The first-order valence-electron chi connectivity index (χ1n) is 6.11. The maximum absolute atomic E-state index is 5.72. The van der Waals surface area contributed by atoms with Crippen molar-refractivity contribution in [1.29, 1.82) is 0 Å². The average Bonchev–Trinajstić information content (AvgIpc) is 2.91. The molecule has 0 aromatic heterocycles. The number of ether oxygens (including phenoxy) is 1. The molecule has 0 bridgehead atoms. The number of nitrogens with two attached hydrogens (primary N) is 1. The van der Waals surface area contributed by atoms with Gasteiger partial charge in [0.2, 0.25) is 0 Å². The van der Waals surface area contributed by atoms with Crippen LogP contribution in [-0.2, 0) is 6.42 Å². The molecule has 0 saturated carbocycles. The van der Waals surface area contributed by atoms with Crippen LogP contribution in [0.5, 0.6) is 5.75 Å². The molecule has 18 heavy (non-hydrogen) atoms. The quantitative estimate of drug-likeness (QED) is 0.643. The summed E-state index contributed by atoms with van der Waals surface area (Å²) in [6, 6.07) is 6.41. The molecule has 0 amide bonds. The average molecular weight is 331 g/mol. The fourth-order valence-electron chi connectivity index (χ4n) is 2.30. The Morgan fingerprint density at radius 1 is 1.61 bits per heavy atom. The van der Waals surface area contributed by atoms with E-state index in [9.17, 15) is 0 Å². The summed E-state index contributed by atoms with van der Waals surface area (Å²) in [5, 5.41) is 0. The lowest BCUT2D eigenvalue weighted by Gasteiger charge is -2.22. The molecular weight excluding hydrogens is 312 g/mol. The van der Waals surface area contributed by atoms with Crippen molar-refractivity contribution in [1.82, 2.24) is 5.43 Å². The van der Waals surface area contributed by atoms with Gasteiger partial charge in [-0.3, -0.25) is 11.3 Å². The number of rotatable bonds is 5. The largest absolute Gasteiger partial charge is 0.497 e. The van der Waals surface area contributed by atoms with E-state index in [2.05, 4.69) is 27.4 Å². The third-order valence-corrected chi connectivity index (χ3v) is 5.40. The Kier molecular flexibility index (Phi) is 5.36. The van der Waals surface area contributed by atoms with E-state index in [0.717, 1.165) is 16.6 Å². The zero-order chi connectivity index (χ0) is 13.0. The highest BCUT2D eigenvalue weighted by Crippen LogP contribution is 2.30. The van der Waals surface area contributed by atoms with Crippen LogP contribution in [0.3, 0.4) is 0 Å². The zero-order valence-electron chi connectivity index (χ0n) is 10.5. The van der Waals surface area contributed by atoms with Crippen molar-refractivity contribution in [3.8, 4) is 5.75 Å². The van der Waals surface area contributed by atoms with Gasteiger partial charge in [0.15, 0.2) is 0 Å². The zero-order valence-corrected chi connectivity index (χ0v) is 12.9. The number of nitrogens with one attached hydrogen (secondary N) is 1. The van der Waals surface area contributed by atoms with Gasteiger partial charge in [-0.2, -0.15) is 11.8 Å². The predicted molar refractivity (Wildman–Crippen MR) is 80.9 cm³/mol. The SMILES string of the molecule is COc1ccc(Br)c(CC(NN)C2CCSC2)c1. The Hall–Kier alpha value is -0.230. The molecule has 1 heterocycles. The second-order valence-corrected chi connectivity index (χ2v) is 6.56. The van der Waals surface area contributed by atoms with Crippen molar-refractivity contribution in [3.63, 3.8) is 0 Å². The van der Waals surface area contributed by atoms with Crippen LogP contribution in [-0.4, -0.2) is 24.7 Å². The fraction of sp³-hybridized carbons (Fsp3) is 0.538. The van der Waals surface area contributed by atoms with Crippen LogP contribution in [0.1, 0.15) is 12.0 Å². The lowest BCUT2D eigenvalue weighted by atomic mass is 9.93. The van der Waals surface area contributed by atoms with Crippen molar-refractivity contribution in [3.05, 3.63) is 28.2 Å². The van der Waals surface area contributed by atoms with Crippen molar-refractivity contribution in [2.24, 2.45) is 11.8 Å². The molecule has 1 aromatic rings. The molecule has 0 radical (unpaired) electrons. The van der Waals surface area contributed by atoms with Gasteiger partial charge in [-0.1, -0.05) is 15.9 Å². The second-order valence-electron chi connectivity index (χ2n) is 4.56. The molecule has 5 heteroatoms. The minimum absolute atomic E-state index is 0.336. The first-order chi connectivity index (χ1) is 8.74. The highest BCUT2D eigenvalue weighted by Gasteiger charge is 2.25. The van der Waals surface area contributed by atoms with Gasteiger partial charge in [0, 0.05) is 10.5 Å². The van der Waals surface area contributed by atoms with Crippen LogP contribution in [0, 0.1) is 5.92 Å². The normalized spacial score (nSPS) is 20.9. The predicted octanol–water partition coefficient (Wildman–Crippen LogP) is 2.59. The Labute approximate surface area is 121 Å². The van der Waals surface area contributed by atoms with E-state index in [1.807, 2.05) is 23.9 Å². The molecule has 2 unspecified atom stereocenters. The maximum atomic E-state index is 5.72. The number of methoxy groups -OCH3 is 1. The van der Waals surface area contributed by atoms with Crippen molar-refractivity contribution >= 4 is 27.7 Å². The molecule has 3 N–H and O–H groups in total. The second kappa shape index (κ2) is 6.80. The van der Waals surface area contributed by atoms with Gasteiger partial charge in [-0.25, -0.2) is 0 Å². The number of thioether (sulfide) groups is 1. The van der Waals surface area contributed by atoms with E-state index >= 15 is 0 Å². The minimum atomic E-state index is 0.336. The summed E-state index contributed by atoms with van der Waals surface area (Å²) in [4.78, 5) is 0. The Morgan fingerprint density at radius 2 is 2.44 bits per heavy atom.